The second-order valence-corrected chi connectivity index (χ2v) is 4.33. The minimum absolute atomic E-state index is 0.180. The van der Waals surface area contributed by atoms with Crippen LogP contribution in [-0.2, 0) is 0 Å². The van der Waals surface area contributed by atoms with Crippen LogP contribution >= 0.6 is 15.9 Å². The molecule has 0 aliphatic carbocycles. The van der Waals surface area contributed by atoms with Gasteiger partial charge in [0.05, 0.1) is 0 Å². The smallest absolute Gasteiger partial charge is 0.277 e. The zero-order chi connectivity index (χ0) is 12.3. The highest BCUT2D eigenvalue weighted by atomic mass is 79.9. The number of rotatable bonds is 2. The topological polar surface area (TPSA) is 46.1 Å². The first-order valence-corrected chi connectivity index (χ1v) is 5.78. The fourth-order valence-corrected chi connectivity index (χ4v) is 1.57. The molecule has 0 bridgehead atoms. The summed E-state index contributed by atoms with van der Waals surface area (Å²) in [4.78, 5) is 21.7. The molecular formula is C12H10BrN3O. The molecular weight excluding hydrogens is 282 g/mol. The fourth-order valence-electron chi connectivity index (χ4n) is 1.33. The lowest BCUT2D eigenvalue weighted by Crippen LogP contribution is -2.27. The van der Waals surface area contributed by atoms with Crippen molar-refractivity contribution >= 4 is 27.7 Å². The van der Waals surface area contributed by atoms with Crippen LogP contribution in [0, 0.1) is 0 Å². The van der Waals surface area contributed by atoms with Crippen molar-refractivity contribution in [3.63, 3.8) is 0 Å². The lowest BCUT2D eigenvalue weighted by Gasteiger charge is -2.15. The number of anilines is 1. The fraction of sp³-hybridized carbons (Fsp3) is 0.0833. The number of amides is 1. The largest absolute Gasteiger partial charge is 0.294 e. The molecule has 0 aliphatic rings. The predicted molar refractivity (Wildman–Crippen MR) is 68.9 cm³/mol. The Morgan fingerprint density at radius 2 is 2.06 bits per heavy atom. The molecule has 0 fully saturated rings. The van der Waals surface area contributed by atoms with Crippen molar-refractivity contribution in [3.05, 3.63) is 52.9 Å². The summed E-state index contributed by atoms with van der Waals surface area (Å²) in [6.07, 6.45) is 3.24. The zero-order valence-electron chi connectivity index (χ0n) is 9.17. The molecule has 0 unspecified atom stereocenters. The van der Waals surface area contributed by atoms with E-state index in [4.69, 9.17) is 0 Å². The van der Waals surface area contributed by atoms with Gasteiger partial charge in [-0.2, -0.15) is 0 Å². The quantitative estimate of drug-likeness (QED) is 0.854. The van der Waals surface area contributed by atoms with E-state index in [9.17, 15) is 4.79 Å². The van der Waals surface area contributed by atoms with Gasteiger partial charge in [0.1, 0.15) is 11.5 Å². The molecule has 0 aromatic carbocycles. The van der Waals surface area contributed by atoms with Crippen molar-refractivity contribution in [1.82, 2.24) is 9.97 Å². The van der Waals surface area contributed by atoms with E-state index in [1.165, 1.54) is 4.90 Å². The number of carbonyl (C=O) groups excluding carboxylic acids is 1. The minimum Gasteiger partial charge on any atom is -0.294 e. The number of halogens is 1. The van der Waals surface area contributed by atoms with Crippen molar-refractivity contribution in [1.29, 1.82) is 0 Å². The summed E-state index contributed by atoms with van der Waals surface area (Å²) in [5.41, 5.74) is 0.403. The molecule has 0 N–H and O–H groups in total. The van der Waals surface area contributed by atoms with Crippen LogP contribution in [0.2, 0.25) is 0 Å². The molecule has 5 heteroatoms. The molecule has 0 radical (unpaired) electrons. The van der Waals surface area contributed by atoms with Crippen LogP contribution in [-0.4, -0.2) is 22.9 Å². The Balaban J connectivity index is 2.23. The number of aromatic nitrogens is 2. The van der Waals surface area contributed by atoms with Crippen molar-refractivity contribution in [3.8, 4) is 0 Å². The zero-order valence-corrected chi connectivity index (χ0v) is 10.8. The van der Waals surface area contributed by atoms with E-state index in [2.05, 4.69) is 25.9 Å². The van der Waals surface area contributed by atoms with E-state index < -0.39 is 0 Å². The van der Waals surface area contributed by atoms with Gasteiger partial charge in [0, 0.05) is 23.9 Å². The third-order valence-electron chi connectivity index (χ3n) is 2.24. The van der Waals surface area contributed by atoms with Gasteiger partial charge < -0.3 is 0 Å². The first-order chi connectivity index (χ1) is 8.18. The average molecular weight is 292 g/mol. The number of hydrogen-bond acceptors (Lipinski definition) is 3. The lowest BCUT2D eigenvalue weighted by atomic mass is 10.3. The van der Waals surface area contributed by atoms with Crippen molar-refractivity contribution in [2.45, 2.75) is 0 Å². The maximum atomic E-state index is 12.0. The maximum absolute atomic E-state index is 12.0. The van der Waals surface area contributed by atoms with Gasteiger partial charge in [-0.25, -0.2) is 4.98 Å². The number of nitrogens with zero attached hydrogens (tertiary/aromatic N) is 3. The summed E-state index contributed by atoms with van der Waals surface area (Å²) < 4.78 is 0.875. The van der Waals surface area contributed by atoms with Crippen LogP contribution < -0.4 is 4.90 Å². The van der Waals surface area contributed by atoms with Gasteiger partial charge in [-0.3, -0.25) is 14.7 Å². The predicted octanol–water partition coefficient (Wildman–Crippen LogP) is 2.52. The molecule has 2 aromatic rings. The van der Waals surface area contributed by atoms with Gasteiger partial charge in [0.2, 0.25) is 0 Å². The molecule has 0 saturated carbocycles. The molecule has 0 aliphatic heterocycles. The monoisotopic (exact) mass is 291 g/mol. The Morgan fingerprint density at radius 1 is 1.24 bits per heavy atom. The van der Waals surface area contributed by atoms with E-state index >= 15 is 0 Å². The van der Waals surface area contributed by atoms with Gasteiger partial charge in [-0.1, -0.05) is 6.07 Å². The summed E-state index contributed by atoms with van der Waals surface area (Å²) in [5, 5.41) is 0. The van der Waals surface area contributed by atoms with Crippen molar-refractivity contribution in [2.75, 3.05) is 11.9 Å². The molecule has 17 heavy (non-hydrogen) atoms. The third-order valence-corrected chi connectivity index (χ3v) is 2.71. The maximum Gasteiger partial charge on any atom is 0.277 e. The van der Waals surface area contributed by atoms with E-state index in [1.54, 1.807) is 43.7 Å². The molecule has 2 rings (SSSR count). The summed E-state index contributed by atoms with van der Waals surface area (Å²) >= 11 is 3.30. The van der Waals surface area contributed by atoms with E-state index in [1.807, 2.05) is 6.07 Å². The second kappa shape index (κ2) is 5.05. The second-order valence-electron chi connectivity index (χ2n) is 3.41. The van der Waals surface area contributed by atoms with E-state index in [0.717, 1.165) is 4.47 Å². The highest BCUT2D eigenvalue weighted by molar-refractivity contribution is 9.10. The number of pyridine rings is 2. The lowest BCUT2D eigenvalue weighted by molar-refractivity contribution is 0.0987. The van der Waals surface area contributed by atoms with Crippen LogP contribution in [0.15, 0.2) is 47.2 Å². The van der Waals surface area contributed by atoms with Gasteiger partial charge in [-0.05, 0) is 40.2 Å². The van der Waals surface area contributed by atoms with Crippen LogP contribution in [0.5, 0.6) is 0 Å². The van der Waals surface area contributed by atoms with Crippen LogP contribution in [0.1, 0.15) is 10.5 Å². The van der Waals surface area contributed by atoms with Crippen molar-refractivity contribution < 1.29 is 4.79 Å². The highest BCUT2D eigenvalue weighted by Crippen LogP contribution is 2.15. The molecule has 0 atom stereocenters. The minimum atomic E-state index is -0.180. The number of carbonyl (C=O) groups is 1. The molecule has 4 nitrogen and oxygen atoms in total. The van der Waals surface area contributed by atoms with Gasteiger partial charge in [0.25, 0.3) is 5.91 Å². The SMILES string of the molecule is CN(C(=O)c1ccccn1)c1ccc(Br)cn1. The standard InChI is InChI=1S/C12H10BrN3O/c1-16(11-6-5-9(13)8-15-11)12(17)10-4-2-3-7-14-10/h2-8H,1H3. The molecule has 0 spiro atoms. The van der Waals surface area contributed by atoms with Gasteiger partial charge in [0.15, 0.2) is 0 Å². The van der Waals surface area contributed by atoms with Gasteiger partial charge >= 0.3 is 0 Å². The summed E-state index contributed by atoms with van der Waals surface area (Å²) in [7, 11) is 1.67. The summed E-state index contributed by atoms with van der Waals surface area (Å²) in [5.74, 6) is 0.407. The van der Waals surface area contributed by atoms with E-state index in [-0.39, 0.29) is 5.91 Å². The molecule has 2 aromatic heterocycles. The summed E-state index contributed by atoms with van der Waals surface area (Å²) in [6.45, 7) is 0. The Labute approximate surface area is 107 Å². The Bertz CT molecular complexity index is 513. The van der Waals surface area contributed by atoms with E-state index in [0.29, 0.717) is 11.5 Å². The number of hydrogen-bond donors (Lipinski definition) is 0. The molecule has 2 heterocycles. The first kappa shape index (κ1) is 11.7. The van der Waals surface area contributed by atoms with Crippen molar-refractivity contribution in [2.24, 2.45) is 0 Å². The average Bonchev–Trinajstić information content (AvgIpc) is 2.39. The Kier molecular flexibility index (Phi) is 3.49. The normalized spacial score (nSPS) is 10.0. The molecule has 0 saturated heterocycles. The Hall–Kier alpha value is -1.75. The first-order valence-electron chi connectivity index (χ1n) is 4.99. The third kappa shape index (κ3) is 2.68. The molecule has 86 valence electrons. The van der Waals surface area contributed by atoms with Crippen LogP contribution in [0.25, 0.3) is 0 Å². The Morgan fingerprint density at radius 3 is 2.65 bits per heavy atom. The summed E-state index contributed by atoms with van der Waals surface area (Å²) in [6, 6.07) is 8.84. The molecule has 1 amide bonds. The van der Waals surface area contributed by atoms with Gasteiger partial charge in [-0.15, -0.1) is 0 Å². The highest BCUT2D eigenvalue weighted by Gasteiger charge is 2.14. The van der Waals surface area contributed by atoms with Crippen LogP contribution in [0.3, 0.4) is 0 Å². The van der Waals surface area contributed by atoms with Crippen LogP contribution in [0.4, 0.5) is 5.82 Å².